The second-order valence-electron chi connectivity index (χ2n) is 13.8. The molecular weight excluding hydrogens is 708 g/mol. The number of benzene rings is 3. The van der Waals surface area contributed by atoms with E-state index in [1.54, 1.807) is 66.7 Å². The number of hydrogen-bond acceptors (Lipinski definition) is 9. The predicted octanol–water partition coefficient (Wildman–Crippen LogP) is 1.46. The van der Waals surface area contributed by atoms with E-state index in [4.69, 9.17) is 14.2 Å². The van der Waals surface area contributed by atoms with Gasteiger partial charge in [0.1, 0.15) is 41.7 Å². The van der Waals surface area contributed by atoms with Gasteiger partial charge in [-0.2, -0.15) is 0 Å². The Labute approximate surface area is 320 Å². The predicted molar refractivity (Wildman–Crippen MR) is 202 cm³/mol. The van der Waals surface area contributed by atoms with Crippen LogP contribution in [0.2, 0.25) is 0 Å². The molecule has 1 fully saturated rings. The van der Waals surface area contributed by atoms with Crippen molar-refractivity contribution in [2.75, 3.05) is 41.9 Å². The fraction of sp³-hybridized carbons (Fsp3) is 0.400. The number of amides is 6. The van der Waals surface area contributed by atoms with E-state index in [0.717, 1.165) is 0 Å². The van der Waals surface area contributed by atoms with Crippen molar-refractivity contribution in [3.05, 3.63) is 83.4 Å². The Bertz CT molecular complexity index is 1920. The Balaban J connectivity index is 1.56. The molecule has 6 bridgehead atoms. The number of ether oxygens (including phenoxy) is 3. The molecule has 0 saturated carbocycles. The number of methoxy groups -OCH3 is 2. The maximum atomic E-state index is 14.6. The van der Waals surface area contributed by atoms with Crippen LogP contribution in [-0.2, 0) is 48.0 Å². The number of nitrogens with one attached hydrogen (secondary N) is 3. The number of hydrogen-bond donors (Lipinski definition) is 3. The molecule has 3 heterocycles. The molecule has 3 aliphatic rings. The van der Waals surface area contributed by atoms with Crippen molar-refractivity contribution in [3.63, 3.8) is 0 Å². The molecule has 1 saturated heterocycles. The fourth-order valence-electron chi connectivity index (χ4n) is 6.59. The van der Waals surface area contributed by atoms with Crippen LogP contribution in [0.4, 0.5) is 0 Å². The third-order valence-corrected chi connectivity index (χ3v) is 10.1. The lowest BCUT2D eigenvalue weighted by Crippen LogP contribution is -2.60. The first-order chi connectivity index (χ1) is 26.2. The van der Waals surface area contributed by atoms with Crippen LogP contribution in [-0.4, -0.2) is 122 Å². The molecule has 0 aliphatic carbocycles. The molecule has 6 amide bonds. The van der Waals surface area contributed by atoms with Crippen LogP contribution in [0.1, 0.15) is 30.5 Å². The third kappa shape index (κ3) is 9.34. The third-order valence-electron chi connectivity index (χ3n) is 10.1. The van der Waals surface area contributed by atoms with E-state index in [-0.39, 0.29) is 19.3 Å². The van der Waals surface area contributed by atoms with Crippen molar-refractivity contribution in [3.8, 4) is 23.0 Å². The topological polar surface area (TPSA) is 176 Å². The lowest BCUT2D eigenvalue weighted by atomic mass is 9.98. The summed E-state index contributed by atoms with van der Waals surface area (Å²) in [5, 5.41) is 8.01. The van der Waals surface area contributed by atoms with Gasteiger partial charge in [-0.1, -0.05) is 30.3 Å². The Kier molecular flexibility index (Phi) is 12.6. The van der Waals surface area contributed by atoms with E-state index >= 15 is 0 Å². The zero-order chi connectivity index (χ0) is 40.0. The number of carbonyl (C=O) groups is 6. The molecule has 6 rings (SSSR count). The number of rotatable bonds is 4. The summed E-state index contributed by atoms with van der Waals surface area (Å²) in [6.45, 7) is 2.49. The molecule has 1 unspecified atom stereocenters. The van der Waals surface area contributed by atoms with E-state index in [2.05, 4.69) is 16.0 Å². The summed E-state index contributed by atoms with van der Waals surface area (Å²) >= 11 is 0. The van der Waals surface area contributed by atoms with Crippen LogP contribution in [0, 0.1) is 0 Å². The van der Waals surface area contributed by atoms with Crippen molar-refractivity contribution in [1.29, 1.82) is 0 Å². The van der Waals surface area contributed by atoms with E-state index in [1.807, 2.05) is 0 Å². The average Bonchev–Trinajstić information content (AvgIpc) is 3.18. The number of fused-ring (bicyclic) bond motifs is 2. The van der Waals surface area contributed by atoms with Gasteiger partial charge >= 0.3 is 0 Å². The van der Waals surface area contributed by atoms with Crippen LogP contribution in [0.15, 0.2) is 66.7 Å². The van der Waals surface area contributed by atoms with Crippen LogP contribution < -0.4 is 30.2 Å². The van der Waals surface area contributed by atoms with Crippen molar-refractivity contribution >= 4 is 35.4 Å². The first-order valence-electron chi connectivity index (χ1n) is 17.9. The molecule has 0 radical (unpaired) electrons. The monoisotopic (exact) mass is 756 g/mol. The van der Waals surface area contributed by atoms with Gasteiger partial charge in [-0.3, -0.25) is 28.8 Å². The molecule has 3 aliphatic heterocycles. The van der Waals surface area contributed by atoms with Crippen LogP contribution >= 0.6 is 0 Å². The standard InChI is InChI=1S/C40H48N6O9/c1-23-36(48)41-22-35(47)44(3)30(18-25-8-13-28(53-6)14-9-25)37(49)43-24(2)39(51)46(5)32-19-26-10-15-29(16-11-26)55-34-21-27(12-17-33(34)54-7)20-31(38(50)42-23)45(4)40(32)52/h8-17,21,23-24,30-32H,18-20,22H2,1-7H3,(H,41,48)(H,42,50)(H,43,49)/t23-,24+,30?,31+,32+/m1/s1. The SMILES string of the molecule is COc1ccc(CC2C(=O)N[C@@H](C)C(=O)N(C)[C@H]3Cc4ccc(cc4)Oc4cc(ccc4OC)C[C@@H](C(=O)N[C@H](C)C(=O)NCC(=O)N2C)N(C)C3=O)cc1. The molecule has 15 heteroatoms. The van der Waals surface area contributed by atoms with Gasteiger partial charge in [0.2, 0.25) is 35.4 Å². The van der Waals surface area contributed by atoms with Gasteiger partial charge in [-0.25, -0.2) is 0 Å². The molecular formula is C40H48N6O9. The lowest BCUT2D eigenvalue weighted by molar-refractivity contribution is -0.149. The average molecular weight is 757 g/mol. The Hall–Kier alpha value is -6.12. The normalized spacial score (nSPS) is 23.2. The van der Waals surface area contributed by atoms with Crippen molar-refractivity contribution in [2.24, 2.45) is 0 Å². The first kappa shape index (κ1) is 40.1. The van der Waals surface area contributed by atoms with Gasteiger partial charge in [0, 0.05) is 40.4 Å². The van der Waals surface area contributed by atoms with E-state index in [0.29, 0.717) is 39.7 Å². The Morgan fingerprint density at radius 1 is 0.673 bits per heavy atom. The van der Waals surface area contributed by atoms with Crippen LogP contribution in [0.5, 0.6) is 23.0 Å². The minimum atomic E-state index is -1.15. The van der Waals surface area contributed by atoms with Crippen LogP contribution in [0.25, 0.3) is 0 Å². The minimum Gasteiger partial charge on any atom is -0.497 e. The molecule has 0 spiro atoms. The quantitative estimate of drug-likeness (QED) is 0.356. The van der Waals surface area contributed by atoms with E-state index in [1.165, 1.54) is 63.9 Å². The largest absolute Gasteiger partial charge is 0.497 e. The van der Waals surface area contributed by atoms with Gasteiger partial charge in [0.25, 0.3) is 0 Å². The maximum absolute atomic E-state index is 14.6. The molecule has 5 atom stereocenters. The molecule has 3 aromatic rings. The highest BCUT2D eigenvalue weighted by Crippen LogP contribution is 2.34. The zero-order valence-corrected chi connectivity index (χ0v) is 32.1. The zero-order valence-electron chi connectivity index (χ0n) is 32.1. The van der Waals surface area contributed by atoms with Crippen molar-refractivity contribution in [2.45, 2.75) is 63.3 Å². The highest BCUT2D eigenvalue weighted by atomic mass is 16.5. The Morgan fingerprint density at radius 3 is 1.95 bits per heavy atom. The smallest absolute Gasteiger partial charge is 0.246 e. The highest BCUT2D eigenvalue weighted by Gasteiger charge is 2.38. The first-order valence-corrected chi connectivity index (χ1v) is 17.9. The molecule has 3 N–H and O–H groups in total. The fourth-order valence-corrected chi connectivity index (χ4v) is 6.59. The van der Waals surface area contributed by atoms with Crippen LogP contribution in [0.3, 0.4) is 0 Å². The summed E-state index contributed by atoms with van der Waals surface area (Å²) in [7, 11) is 7.43. The van der Waals surface area contributed by atoms with Gasteiger partial charge < -0.3 is 44.9 Å². The van der Waals surface area contributed by atoms with Gasteiger partial charge in [-0.05, 0) is 66.9 Å². The number of likely N-dealkylation sites (N-methyl/N-ethyl adjacent to an activating group) is 3. The summed E-state index contributed by atoms with van der Waals surface area (Å²) in [5.41, 5.74) is 2.03. The van der Waals surface area contributed by atoms with Gasteiger partial charge in [0.05, 0.1) is 20.8 Å². The maximum Gasteiger partial charge on any atom is 0.246 e. The van der Waals surface area contributed by atoms with E-state index < -0.39 is 72.2 Å². The van der Waals surface area contributed by atoms with E-state index in [9.17, 15) is 28.8 Å². The molecule has 292 valence electrons. The lowest BCUT2D eigenvalue weighted by Gasteiger charge is -2.36. The van der Waals surface area contributed by atoms with Gasteiger partial charge in [0.15, 0.2) is 11.5 Å². The molecule has 3 aromatic carbocycles. The molecule has 55 heavy (non-hydrogen) atoms. The summed E-state index contributed by atoms with van der Waals surface area (Å²) < 4.78 is 16.9. The number of carbonyl (C=O) groups excluding carboxylic acids is 6. The van der Waals surface area contributed by atoms with Gasteiger partial charge in [-0.15, -0.1) is 0 Å². The summed E-state index contributed by atoms with van der Waals surface area (Å²) in [5.74, 6) is -1.62. The number of nitrogens with zero attached hydrogens (tertiary/aromatic N) is 3. The van der Waals surface area contributed by atoms with Crippen molar-refractivity contribution < 1.29 is 43.0 Å². The second kappa shape index (κ2) is 17.3. The van der Waals surface area contributed by atoms with Crippen molar-refractivity contribution in [1.82, 2.24) is 30.7 Å². The summed E-state index contributed by atoms with van der Waals surface area (Å²) in [4.78, 5) is 87.3. The second-order valence-corrected chi connectivity index (χ2v) is 13.8. The molecule has 0 aromatic heterocycles. The Morgan fingerprint density at radius 2 is 1.29 bits per heavy atom. The summed E-state index contributed by atoms with van der Waals surface area (Å²) in [6.07, 6.45) is 0.152. The minimum absolute atomic E-state index is 0.00998. The summed E-state index contributed by atoms with van der Waals surface area (Å²) in [6, 6.07) is 13.6. The molecule has 15 nitrogen and oxygen atoms in total. The highest BCUT2D eigenvalue weighted by molar-refractivity contribution is 5.97.